The first kappa shape index (κ1) is 6.62. The van der Waals surface area contributed by atoms with Crippen LogP contribution in [0.15, 0.2) is 0 Å². The maximum atomic E-state index is 3.37. The summed E-state index contributed by atoms with van der Waals surface area (Å²) < 4.78 is 0. The highest BCUT2D eigenvalue weighted by Crippen LogP contribution is 2.29. The van der Waals surface area contributed by atoms with Crippen LogP contribution in [-0.4, -0.2) is 37.6 Å². The smallest absolute Gasteiger partial charge is 0.0107 e. The summed E-state index contributed by atoms with van der Waals surface area (Å²) in [5.74, 6) is 1.07. The third-order valence-corrected chi connectivity index (χ3v) is 2.42. The molecule has 0 spiro atoms. The van der Waals surface area contributed by atoms with Gasteiger partial charge in [-0.3, -0.25) is 0 Å². The summed E-state index contributed by atoms with van der Waals surface area (Å²) in [6.07, 6.45) is 2.98. The quantitative estimate of drug-likeness (QED) is 0.593. The van der Waals surface area contributed by atoms with E-state index >= 15 is 0 Å². The second kappa shape index (κ2) is 2.89. The second-order valence-electron chi connectivity index (χ2n) is 3.49. The van der Waals surface area contributed by atoms with Crippen LogP contribution >= 0.6 is 0 Å². The monoisotopic (exact) mass is 140 g/mol. The lowest BCUT2D eigenvalue weighted by Crippen LogP contribution is -2.44. The van der Waals surface area contributed by atoms with Crippen molar-refractivity contribution in [2.75, 3.05) is 32.7 Å². The van der Waals surface area contributed by atoms with Gasteiger partial charge in [-0.05, 0) is 18.8 Å². The molecule has 1 aliphatic heterocycles. The van der Waals surface area contributed by atoms with E-state index in [0.29, 0.717) is 0 Å². The SMILES string of the molecule is C1CN(CC2CC2)[12CH2]CN1. The highest BCUT2D eigenvalue weighted by molar-refractivity contribution is 4.79. The van der Waals surface area contributed by atoms with E-state index in [1.165, 1.54) is 45.6 Å². The molecule has 1 saturated carbocycles. The van der Waals surface area contributed by atoms with Crippen molar-refractivity contribution in [1.29, 1.82) is 0 Å². The van der Waals surface area contributed by atoms with Crippen molar-refractivity contribution in [2.45, 2.75) is 12.8 Å². The molecule has 0 aromatic rings. The maximum absolute atomic E-state index is 3.37. The van der Waals surface area contributed by atoms with Gasteiger partial charge in [0.25, 0.3) is 0 Å². The Morgan fingerprint density at radius 1 is 1.20 bits per heavy atom. The number of nitrogens with one attached hydrogen (secondary N) is 1. The van der Waals surface area contributed by atoms with Crippen molar-refractivity contribution >= 4 is 0 Å². The average Bonchev–Trinajstić information content (AvgIpc) is 2.74. The van der Waals surface area contributed by atoms with Crippen LogP contribution < -0.4 is 5.32 Å². The topological polar surface area (TPSA) is 15.3 Å². The van der Waals surface area contributed by atoms with Crippen molar-refractivity contribution in [3.05, 3.63) is 0 Å². The van der Waals surface area contributed by atoms with Gasteiger partial charge < -0.3 is 10.2 Å². The zero-order chi connectivity index (χ0) is 6.81. The van der Waals surface area contributed by atoms with Crippen molar-refractivity contribution in [3.63, 3.8) is 0 Å². The normalized spacial score (nSPS) is 28.8. The molecule has 2 nitrogen and oxygen atoms in total. The Morgan fingerprint density at radius 2 is 1.90 bits per heavy atom. The molecule has 2 rings (SSSR count). The minimum absolute atomic E-state index is 1.07. The molecule has 0 aromatic carbocycles. The maximum Gasteiger partial charge on any atom is 0.0107 e. The highest BCUT2D eigenvalue weighted by Gasteiger charge is 2.24. The lowest BCUT2D eigenvalue weighted by molar-refractivity contribution is 0.232. The summed E-state index contributed by atoms with van der Waals surface area (Å²) in [6.45, 7) is 6.33. The fourth-order valence-corrected chi connectivity index (χ4v) is 1.56. The lowest BCUT2D eigenvalue weighted by atomic mass is 10.3. The van der Waals surface area contributed by atoms with Crippen LogP contribution in [0.1, 0.15) is 12.8 Å². The Kier molecular flexibility index (Phi) is 1.91. The number of piperazine rings is 1. The molecule has 1 heterocycles. The largest absolute Gasteiger partial charge is 0.314 e. The Bertz CT molecular complexity index is 104. The summed E-state index contributed by atoms with van der Waals surface area (Å²) in [4.78, 5) is 2.59. The standard InChI is InChI=1S/C8H16N2/c1-2-8(1)7-10-5-3-9-4-6-10/h8-9H,1-7H2/i5+0. The highest BCUT2D eigenvalue weighted by atomic mass is 15.2. The first-order chi connectivity index (χ1) is 4.95. The van der Waals surface area contributed by atoms with E-state index in [1.54, 1.807) is 0 Å². The van der Waals surface area contributed by atoms with Gasteiger partial charge in [0.05, 0.1) is 0 Å². The fourth-order valence-electron chi connectivity index (χ4n) is 1.56. The van der Waals surface area contributed by atoms with Crippen molar-refractivity contribution < 1.29 is 0 Å². The Labute approximate surface area is 62.6 Å². The molecule has 0 atom stereocenters. The molecule has 0 amide bonds. The van der Waals surface area contributed by atoms with Gasteiger partial charge in [-0.15, -0.1) is 0 Å². The number of hydrogen-bond donors (Lipinski definition) is 1. The fraction of sp³-hybridized carbons (Fsp3) is 1.00. The zero-order valence-corrected chi connectivity index (χ0v) is 6.47. The molecule has 2 fully saturated rings. The molecule has 0 radical (unpaired) electrons. The van der Waals surface area contributed by atoms with Crippen LogP contribution in [-0.2, 0) is 0 Å². The molecular formula is C8H16N2. The van der Waals surface area contributed by atoms with E-state index < -0.39 is 0 Å². The number of rotatable bonds is 2. The van der Waals surface area contributed by atoms with E-state index in [1.807, 2.05) is 0 Å². The third-order valence-electron chi connectivity index (χ3n) is 2.42. The van der Waals surface area contributed by atoms with Gasteiger partial charge in [-0.2, -0.15) is 0 Å². The summed E-state index contributed by atoms with van der Waals surface area (Å²) in [6, 6.07) is 0. The predicted molar refractivity (Wildman–Crippen MR) is 42.0 cm³/mol. The Morgan fingerprint density at radius 3 is 2.50 bits per heavy atom. The number of nitrogens with zero attached hydrogens (tertiary/aromatic N) is 1. The van der Waals surface area contributed by atoms with Gasteiger partial charge in [0.2, 0.25) is 0 Å². The predicted octanol–water partition coefficient (Wildman–Crippen LogP) is 0.302. The van der Waals surface area contributed by atoms with E-state index in [9.17, 15) is 0 Å². The molecule has 0 aromatic heterocycles. The van der Waals surface area contributed by atoms with Gasteiger partial charge in [0.1, 0.15) is 0 Å². The van der Waals surface area contributed by atoms with Crippen molar-refractivity contribution in [3.8, 4) is 0 Å². The van der Waals surface area contributed by atoms with E-state index in [2.05, 4.69) is 10.2 Å². The third kappa shape index (κ3) is 1.70. The Balaban J connectivity index is 1.69. The summed E-state index contributed by atoms with van der Waals surface area (Å²) >= 11 is 0. The van der Waals surface area contributed by atoms with Crippen molar-refractivity contribution in [2.24, 2.45) is 5.92 Å². The molecule has 1 aliphatic carbocycles. The minimum atomic E-state index is 1.07. The molecule has 10 heavy (non-hydrogen) atoms. The molecule has 2 heteroatoms. The van der Waals surface area contributed by atoms with Crippen LogP contribution in [0.25, 0.3) is 0 Å². The van der Waals surface area contributed by atoms with E-state index in [0.717, 1.165) is 5.92 Å². The second-order valence-corrected chi connectivity index (χ2v) is 3.49. The molecule has 1 N–H and O–H groups in total. The lowest BCUT2D eigenvalue weighted by Gasteiger charge is -2.26. The van der Waals surface area contributed by atoms with Crippen LogP contribution in [0.4, 0.5) is 0 Å². The van der Waals surface area contributed by atoms with E-state index in [4.69, 9.17) is 0 Å². The first-order valence-corrected chi connectivity index (χ1v) is 4.38. The van der Waals surface area contributed by atoms with Crippen LogP contribution in [0, 0.1) is 5.92 Å². The molecule has 0 unspecified atom stereocenters. The van der Waals surface area contributed by atoms with Gasteiger partial charge in [0.15, 0.2) is 0 Å². The van der Waals surface area contributed by atoms with Crippen molar-refractivity contribution in [1.82, 2.24) is 10.2 Å². The van der Waals surface area contributed by atoms with Gasteiger partial charge in [-0.25, -0.2) is 0 Å². The van der Waals surface area contributed by atoms with Crippen LogP contribution in [0.3, 0.4) is 0 Å². The van der Waals surface area contributed by atoms with Crippen LogP contribution in [0.2, 0.25) is 0 Å². The number of hydrogen-bond acceptors (Lipinski definition) is 2. The Hall–Kier alpha value is -0.0800. The van der Waals surface area contributed by atoms with Crippen LogP contribution in [0.5, 0.6) is 0 Å². The van der Waals surface area contributed by atoms with Gasteiger partial charge in [0, 0.05) is 32.7 Å². The summed E-state index contributed by atoms with van der Waals surface area (Å²) in [5, 5.41) is 3.37. The molecule has 1 saturated heterocycles. The summed E-state index contributed by atoms with van der Waals surface area (Å²) in [5.41, 5.74) is 0. The molecule has 2 aliphatic rings. The van der Waals surface area contributed by atoms with E-state index in [-0.39, 0.29) is 0 Å². The molecule has 0 bridgehead atoms. The van der Waals surface area contributed by atoms with Gasteiger partial charge >= 0.3 is 0 Å². The minimum Gasteiger partial charge on any atom is -0.314 e. The molecular weight excluding hydrogens is 124 g/mol. The molecule has 58 valence electrons. The average molecular weight is 140 g/mol. The van der Waals surface area contributed by atoms with Gasteiger partial charge in [-0.1, -0.05) is 0 Å². The zero-order valence-electron chi connectivity index (χ0n) is 6.47. The summed E-state index contributed by atoms with van der Waals surface area (Å²) in [7, 11) is 0. The first-order valence-electron chi connectivity index (χ1n) is 4.38.